The van der Waals surface area contributed by atoms with Crippen molar-refractivity contribution >= 4 is 34.5 Å². The maximum atomic E-state index is 12.4. The third-order valence-electron chi connectivity index (χ3n) is 4.42. The quantitative estimate of drug-likeness (QED) is 0.432. The van der Waals surface area contributed by atoms with Gasteiger partial charge in [-0.2, -0.15) is 0 Å². The number of nitrogens with one attached hydrogen (secondary N) is 1. The molecule has 0 aliphatic carbocycles. The van der Waals surface area contributed by atoms with Crippen molar-refractivity contribution in [3.63, 3.8) is 0 Å². The molecule has 1 aliphatic heterocycles. The third kappa shape index (κ3) is 2.53. The van der Waals surface area contributed by atoms with Crippen molar-refractivity contribution in [1.82, 2.24) is 20.1 Å². The predicted molar refractivity (Wildman–Crippen MR) is 99.3 cm³/mol. The second kappa shape index (κ2) is 6.10. The molecule has 0 spiro atoms. The number of thioether (sulfide) groups is 1. The van der Waals surface area contributed by atoms with Crippen LogP contribution in [0.1, 0.15) is 20.7 Å². The number of aromatic amines is 1. The van der Waals surface area contributed by atoms with Crippen LogP contribution in [0.5, 0.6) is 0 Å². The lowest BCUT2D eigenvalue weighted by Crippen LogP contribution is -2.29. The van der Waals surface area contributed by atoms with Crippen LogP contribution in [-0.4, -0.2) is 37.8 Å². The summed E-state index contributed by atoms with van der Waals surface area (Å²) < 4.78 is 5.72. The topological polar surface area (TPSA) is 92.1 Å². The van der Waals surface area contributed by atoms with Crippen LogP contribution in [0.15, 0.2) is 64.4 Å². The Bertz CT molecular complexity index is 1160. The van der Waals surface area contributed by atoms with E-state index in [1.54, 1.807) is 24.3 Å². The number of imide groups is 1. The molecule has 3 heterocycles. The molecule has 0 unspecified atom stereocenters. The Kier molecular flexibility index (Phi) is 3.58. The number of carbonyl (C=O) groups is 2. The van der Waals surface area contributed by atoms with Crippen LogP contribution in [0.4, 0.5) is 0 Å². The summed E-state index contributed by atoms with van der Waals surface area (Å²) in [6.07, 6.45) is 1.82. The molecule has 1 N–H and O–H groups in total. The summed E-state index contributed by atoms with van der Waals surface area (Å²) in [5.41, 5.74) is 2.64. The van der Waals surface area contributed by atoms with Crippen molar-refractivity contribution in [2.24, 2.45) is 0 Å². The first-order valence-electron chi connectivity index (χ1n) is 8.20. The first-order chi connectivity index (χ1) is 13.2. The van der Waals surface area contributed by atoms with Crippen molar-refractivity contribution in [2.45, 2.75) is 5.22 Å². The molecular weight excluding hydrogens is 364 g/mol. The minimum atomic E-state index is -0.306. The molecule has 5 rings (SSSR count). The van der Waals surface area contributed by atoms with Gasteiger partial charge in [0.1, 0.15) is 0 Å². The van der Waals surface area contributed by atoms with E-state index in [0.29, 0.717) is 22.2 Å². The molecule has 2 aromatic carbocycles. The number of H-pyrrole nitrogens is 1. The van der Waals surface area contributed by atoms with Crippen LogP contribution in [0.25, 0.3) is 22.4 Å². The third-order valence-corrected chi connectivity index (χ3v) is 5.22. The Hall–Kier alpha value is -3.39. The van der Waals surface area contributed by atoms with Gasteiger partial charge in [0.15, 0.2) is 0 Å². The summed E-state index contributed by atoms with van der Waals surface area (Å²) in [4.78, 5) is 29.1. The maximum absolute atomic E-state index is 12.4. The number of rotatable bonds is 4. The molecule has 7 nitrogen and oxygen atoms in total. The molecule has 0 saturated heterocycles. The monoisotopic (exact) mass is 376 g/mol. The summed E-state index contributed by atoms with van der Waals surface area (Å²) in [5.74, 6) is -0.113. The van der Waals surface area contributed by atoms with Crippen molar-refractivity contribution < 1.29 is 14.0 Å². The number of para-hydroxylation sites is 1. The van der Waals surface area contributed by atoms with Gasteiger partial charge in [-0.3, -0.25) is 14.5 Å². The highest BCUT2D eigenvalue weighted by molar-refractivity contribution is 7.99. The second-order valence-electron chi connectivity index (χ2n) is 5.98. The minimum absolute atomic E-state index is 0.113. The van der Waals surface area contributed by atoms with Crippen LogP contribution >= 0.6 is 11.8 Å². The minimum Gasteiger partial charge on any atom is -0.411 e. The molecule has 132 valence electrons. The second-order valence-corrected chi connectivity index (χ2v) is 6.87. The van der Waals surface area contributed by atoms with E-state index in [0.717, 1.165) is 28.2 Å². The fraction of sp³-hybridized carbons (Fsp3) is 0.0526. The molecule has 0 radical (unpaired) electrons. The van der Waals surface area contributed by atoms with Crippen LogP contribution in [0.2, 0.25) is 0 Å². The zero-order valence-electron chi connectivity index (χ0n) is 13.9. The van der Waals surface area contributed by atoms with E-state index in [-0.39, 0.29) is 17.7 Å². The number of carbonyl (C=O) groups excluding carboxylic acids is 2. The first kappa shape index (κ1) is 15.8. The SMILES string of the molecule is O=C1c2ccccc2C(=O)N1CSc1nnc(-c2c[nH]c3ccccc23)o1. The molecule has 27 heavy (non-hydrogen) atoms. The van der Waals surface area contributed by atoms with Gasteiger partial charge in [0.05, 0.1) is 22.6 Å². The summed E-state index contributed by atoms with van der Waals surface area (Å²) in [5, 5.41) is 9.39. The Morgan fingerprint density at radius 3 is 2.41 bits per heavy atom. The molecular formula is C19H12N4O3S. The van der Waals surface area contributed by atoms with Gasteiger partial charge >= 0.3 is 0 Å². The van der Waals surface area contributed by atoms with Crippen molar-refractivity contribution in [1.29, 1.82) is 0 Å². The van der Waals surface area contributed by atoms with E-state index in [2.05, 4.69) is 15.2 Å². The highest BCUT2D eigenvalue weighted by atomic mass is 32.2. The lowest BCUT2D eigenvalue weighted by molar-refractivity contribution is 0.0684. The lowest BCUT2D eigenvalue weighted by Gasteiger charge is -2.11. The van der Waals surface area contributed by atoms with Gasteiger partial charge < -0.3 is 9.40 Å². The molecule has 2 aromatic heterocycles. The summed E-state index contributed by atoms with van der Waals surface area (Å²) in [7, 11) is 0. The largest absolute Gasteiger partial charge is 0.411 e. The van der Waals surface area contributed by atoms with E-state index in [9.17, 15) is 9.59 Å². The van der Waals surface area contributed by atoms with E-state index in [4.69, 9.17) is 4.42 Å². The fourth-order valence-corrected chi connectivity index (χ4v) is 3.81. The Morgan fingerprint density at radius 2 is 1.63 bits per heavy atom. The molecule has 0 bridgehead atoms. The van der Waals surface area contributed by atoms with E-state index < -0.39 is 0 Å². The van der Waals surface area contributed by atoms with E-state index in [1.807, 2.05) is 30.5 Å². The van der Waals surface area contributed by atoms with Gasteiger partial charge in [0.25, 0.3) is 22.9 Å². The number of benzene rings is 2. The van der Waals surface area contributed by atoms with Crippen molar-refractivity contribution in [3.8, 4) is 11.5 Å². The van der Waals surface area contributed by atoms with Gasteiger partial charge in [-0.15, -0.1) is 10.2 Å². The Morgan fingerprint density at radius 1 is 0.926 bits per heavy atom. The number of nitrogens with zero attached hydrogens (tertiary/aromatic N) is 3. The zero-order chi connectivity index (χ0) is 18.4. The van der Waals surface area contributed by atoms with Crippen LogP contribution in [-0.2, 0) is 0 Å². The van der Waals surface area contributed by atoms with E-state index >= 15 is 0 Å². The number of fused-ring (bicyclic) bond motifs is 2. The molecule has 1 aliphatic rings. The van der Waals surface area contributed by atoms with Gasteiger partial charge in [-0.25, -0.2) is 0 Å². The molecule has 0 saturated carbocycles. The van der Waals surface area contributed by atoms with Gasteiger partial charge in [0, 0.05) is 17.1 Å². The smallest absolute Gasteiger partial charge is 0.278 e. The molecule has 4 aromatic rings. The predicted octanol–water partition coefficient (Wildman–Crippen LogP) is 3.56. The Labute approximate surface area is 157 Å². The number of amides is 2. The number of aromatic nitrogens is 3. The highest BCUT2D eigenvalue weighted by Crippen LogP contribution is 2.31. The molecule has 0 fully saturated rings. The normalized spacial score (nSPS) is 13.6. The summed E-state index contributed by atoms with van der Waals surface area (Å²) in [6, 6.07) is 14.6. The molecule has 0 atom stereocenters. The van der Waals surface area contributed by atoms with Gasteiger partial charge in [-0.1, -0.05) is 30.3 Å². The summed E-state index contributed by atoms with van der Waals surface area (Å²) >= 11 is 1.15. The highest BCUT2D eigenvalue weighted by Gasteiger charge is 2.35. The average molecular weight is 376 g/mol. The molecule has 8 heteroatoms. The Balaban J connectivity index is 1.35. The maximum Gasteiger partial charge on any atom is 0.278 e. The number of hydrogen-bond acceptors (Lipinski definition) is 6. The van der Waals surface area contributed by atoms with Crippen LogP contribution < -0.4 is 0 Å². The van der Waals surface area contributed by atoms with Gasteiger partial charge in [0.2, 0.25) is 0 Å². The molecule has 2 amide bonds. The average Bonchev–Trinajstić information content (AvgIpc) is 3.39. The fourth-order valence-electron chi connectivity index (χ4n) is 3.10. The van der Waals surface area contributed by atoms with Crippen LogP contribution in [0, 0.1) is 0 Å². The first-order valence-corrected chi connectivity index (χ1v) is 9.19. The lowest BCUT2D eigenvalue weighted by atomic mass is 10.1. The van der Waals surface area contributed by atoms with Gasteiger partial charge in [-0.05, 0) is 30.0 Å². The van der Waals surface area contributed by atoms with Crippen LogP contribution in [0.3, 0.4) is 0 Å². The van der Waals surface area contributed by atoms with Crippen molar-refractivity contribution in [3.05, 3.63) is 65.9 Å². The zero-order valence-corrected chi connectivity index (χ0v) is 14.7. The standard InChI is InChI=1S/C19H12N4O3S/c24-17-12-6-1-2-7-13(12)18(25)23(17)10-27-19-22-21-16(26-19)14-9-20-15-8-4-3-5-11(14)15/h1-9,20H,10H2. The van der Waals surface area contributed by atoms with Crippen molar-refractivity contribution in [2.75, 3.05) is 5.88 Å². The summed E-state index contributed by atoms with van der Waals surface area (Å²) in [6.45, 7) is 0. The number of hydrogen-bond donors (Lipinski definition) is 1. The van der Waals surface area contributed by atoms with E-state index in [1.165, 1.54) is 4.90 Å².